The van der Waals surface area contributed by atoms with Crippen molar-refractivity contribution in [1.82, 2.24) is 10.2 Å². The maximum absolute atomic E-state index is 5.09. The van der Waals surface area contributed by atoms with Crippen molar-refractivity contribution in [1.29, 1.82) is 0 Å². The van der Waals surface area contributed by atoms with Gasteiger partial charge in [0.15, 0.2) is 0 Å². The van der Waals surface area contributed by atoms with E-state index in [1.807, 2.05) is 0 Å². The summed E-state index contributed by atoms with van der Waals surface area (Å²) in [6.07, 6.45) is 5.28. The zero-order valence-electron chi connectivity index (χ0n) is 11.2. The molecular formula is C13H28N2O. The summed E-state index contributed by atoms with van der Waals surface area (Å²) in [5.74, 6) is 0. The second-order valence-corrected chi connectivity index (χ2v) is 5.04. The molecule has 1 N–H and O–H groups in total. The molecule has 1 saturated heterocycles. The number of piperidine rings is 1. The first-order chi connectivity index (χ1) is 7.74. The molecule has 0 amide bonds. The van der Waals surface area contributed by atoms with Crippen LogP contribution in [0.1, 0.15) is 39.5 Å². The highest BCUT2D eigenvalue weighted by Crippen LogP contribution is 2.11. The Bertz CT molecular complexity index is 169. The van der Waals surface area contributed by atoms with Crippen molar-refractivity contribution in [3.05, 3.63) is 0 Å². The molecule has 0 aromatic heterocycles. The van der Waals surface area contributed by atoms with Gasteiger partial charge in [-0.2, -0.15) is 0 Å². The van der Waals surface area contributed by atoms with Crippen molar-refractivity contribution >= 4 is 0 Å². The van der Waals surface area contributed by atoms with E-state index in [0.29, 0.717) is 12.1 Å². The fourth-order valence-corrected chi connectivity index (χ4v) is 2.26. The van der Waals surface area contributed by atoms with Gasteiger partial charge in [0, 0.05) is 32.3 Å². The standard InChI is InChI=1S/C13H28N2O/c1-12(7-10-16-3)14-11-13(2)15-8-5-4-6-9-15/h12-14H,4-11H2,1-3H3. The molecule has 0 aliphatic carbocycles. The molecule has 0 aromatic rings. The maximum Gasteiger partial charge on any atom is 0.0476 e. The van der Waals surface area contributed by atoms with Gasteiger partial charge in [-0.15, -0.1) is 0 Å². The SMILES string of the molecule is COCCC(C)NCC(C)N1CCCCC1. The summed E-state index contributed by atoms with van der Waals surface area (Å²) >= 11 is 0. The molecule has 2 unspecified atom stereocenters. The van der Waals surface area contributed by atoms with Gasteiger partial charge in [-0.25, -0.2) is 0 Å². The molecule has 1 aliphatic heterocycles. The minimum Gasteiger partial charge on any atom is -0.385 e. The zero-order chi connectivity index (χ0) is 11.8. The average Bonchev–Trinajstić information content (AvgIpc) is 2.34. The lowest BCUT2D eigenvalue weighted by atomic mass is 10.1. The lowest BCUT2D eigenvalue weighted by molar-refractivity contribution is 0.160. The summed E-state index contributed by atoms with van der Waals surface area (Å²) in [4.78, 5) is 2.61. The Morgan fingerprint density at radius 2 is 1.88 bits per heavy atom. The number of ether oxygens (including phenoxy) is 1. The summed E-state index contributed by atoms with van der Waals surface area (Å²) in [5, 5.41) is 3.59. The minimum atomic E-state index is 0.562. The second-order valence-electron chi connectivity index (χ2n) is 5.04. The predicted molar refractivity (Wildman–Crippen MR) is 68.8 cm³/mol. The highest BCUT2D eigenvalue weighted by Gasteiger charge is 2.16. The molecule has 3 heteroatoms. The van der Waals surface area contributed by atoms with E-state index in [0.717, 1.165) is 19.6 Å². The molecule has 1 aliphatic rings. The Morgan fingerprint density at radius 1 is 1.19 bits per heavy atom. The van der Waals surface area contributed by atoms with Crippen molar-refractivity contribution in [3.8, 4) is 0 Å². The average molecular weight is 228 g/mol. The van der Waals surface area contributed by atoms with E-state index in [1.54, 1.807) is 7.11 Å². The number of methoxy groups -OCH3 is 1. The molecule has 1 fully saturated rings. The molecule has 1 rings (SSSR count). The van der Waals surface area contributed by atoms with Crippen LogP contribution in [0.15, 0.2) is 0 Å². The van der Waals surface area contributed by atoms with Gasteiger partial charge in [0.25, 0.3) is 0 Å². The highest BCUT2D eigenvalue weighted by atomic mass is 16.5. The van der Waals surface area contributed by atoms with Crippen LogP contribution in [0, 0.1) is 0 Å². The van der Waals surface area contributed by atoms with Crippen molar-refractivity contribution in [2.45, 2.75) is 51.6 Å². The van der Waals surface area contributed by atoms with Crippen molar-refractivity contribution in [3.63, 3.8) is 0 Å². The lowest BCUT2D eigenvalue weighted by Crippen LogP contribution is -2.45. The first-order valence-corrected chi connectivity index (χ1v) is 6.70. The van der Waals surface area contributed by atoms with Gasteiger partial charge in [0.05, 0.1) is 0 Å². The Labute approximate surface area is 101 Å². The molecule has 3 nitrogen and oxygen atoms in total. The van der Waals surface area contributed by atoms with Crippen LogP contribution in [0.5, 0.6) is 0 Å². The summed E-state index contributed by atoms with van der Waals surface area (Å²) in [6, 6.07) is 1.23. The molecule has 0 radical (unpaired) electrons. The molecule has 0 bridgehead atoms. The van der Waals surface area contributed by atoms with E-state index in [1.165, 1.54) is 32.4 Å². The van der Waals surface area contributed by atoms with Crippen LogP contribution in [0.4, 0.5) is 0 Å². The second kappa shape index (κ2) is 8.04. The van der Waals surface area contributed by atoms with E-state index in [4.69, 9.17) is 4.74 Å². The van der Waals surface area contributed by atoms with Gasteiger partial charge in [-0.3, -0.25) is 4.90 Å². The molecule has 96 valence electrons. The number of nitrogens with zero attached hydrogens (tertiary/aromatic N) is 1. The van der Waals surface area contributed by atoms with Crippen molar-refractivity contribution in [2.24, 2.45) is 0 Å². The Morgan fingerprint density at radius 3 is 2.50 bits per heavy atom. The summed E-state index contributed by atoms with van der Waals surface area (Å²) in [5.41, 5.74) is 0. The van der Waals surface area contributed by atoms with Gasteiger partial charge in [-0.1, -0.05) is 6.42 Å². The van der Waals surface area contributed by atoms with E-state index in [2.05, 4.69) is 24.1 Å². The molecule has 1 heterocycles. The lowest BCUT2D eigenvalue weighted by Gasteiger charge is -2.33. The fraction of sp³-hybridized carbons (Fsp3) is 1.00. The first kappa shape index (κ1) is 13.9. The third-order valence-corrected chi connectivity index (χ3v) is 3.53. The van der Waals surface area contributed by atoms with Crippen LogP contribution in [0.25, 0.3) is 0 Å². The zero-order valence-corrected chi connectivity index (χ0v) is 11.2. The Balaban J connectivity index is 2.10. The molecule has 2 atom stereocenters. The summed E-state index contributed by atoms with van der Waals surface area (Å²) in [7, 11) is 1.77. The van der Waals surface area contributed by atoms with E-state index in [9.17, 15) is 0 Å². The summed E-state index contributed by atoms with van der Waals surface area (Å²) in [6.45, 7) is 9.10. The molecule has 0 saturated carbocycles. The molecular weight excluding hydrogens is 200 g/mol. The number of hydrogen-bond donors (Lipinski definition) is 1. The minimum absolute atomic E-state index is 0.562. The van der Waals surface area contributed by atoms with Gasteiger partial charge < -0.3 is 10.1 Å². The number of rotatable bonds is 7. The predicted octanol–water partition coefficient (Wildman–Crippen LogP) is 1.88. The van der Waals surface area contributed by atoms with Gasteiger partial charge in [0.2, 0.25) is 0 Å². The summed E-state index contributed by atoms with van der Waals surface area (Å²) < 4.78 is 5.09. The van der Waals surface area contributed by atoms with E-state index >= 15 is 0 Å². The van der Waals surface area contributed by atoms with Crippen LogP contribution < -0.4 is 5.32 Å². The normalized spacial score (nSPS) is 21.9. The van der Waals surface area contributed by atoms with Crippen molar-refractivity contribution < 1.29 is 4.74 Å². The van der Waals surface area contributed by atoms with Crippen molar-refractivity contribution in [2.75, 3.05) is 33.4 Å². The quantitative estimate of drug-likeness (QED) is 0.720. The number of likely N-dealkylation sites (tertiary alicyclic amines) is 1. The van der Waals surface area contributed by atoms with Gasteiger partial charge in [0.1, 0.15) is 0 Å². The Hall–Kier alpha value is -0.120. The van der Waals surface area contributed by atoms with Gasteiger partial charge >= 0.3 is 0 Å². The highest BCUT2D eigenvalue weighted by molar-refractivity contribution is 4.74. The third-order valence-electron chi connectivity index (χ3n) is 3.53. The van der Waals surface area contributed by atoms with Crippen LogP contribution in [0.2, 0.25) is 0 Å². The van der Waals surface area contributed by atoms with Crippen LogP contribution in [-0.4, -0.2) is 50.3 Å². The number of nitrogens with one attached hydrogen (secondary N) is 1. The Kier molecular flexibility index (Phi) is 7.01. The van der Waals surface area contributed by atoms with Crippen LogP contribution >= 0.6 is 0 Å². The monoisotopic (exact) mass is 228 g/mol. The third kappa shape index (κ3) is 5.28. The number of hydrogen-bond acceptors (Lipinski definition) is 3. The fourth-order valence-electron chi connectivity index (χ4n) is 2.26. The topological polar surface area (TPSA) is 24.5 Å². The largest absolute Gasteiger partial charge is 0.385 e. The first-order valence-electron chi connectivity index (χ1n) is 6.70. The van der Waals surface area contributed by atoms with Crippen LogP contribution in [-0.2, 0) is 4.74 Å². The van der Waals surface area contributed by atoms with Gasteiger partial charge in [-0.05, 0) is 46.2 Å². The van der Waals surface area contributed by atoms with Crippen LogP contribution in [0.3, 0.4) is 0 Å². The smallest absolute Gasteiger partial charge is 0.0476 e. The van der Waals surface area contributed by atoms with E-state index < -0.39 is 0 Å². The molecule has 16 heavy (non-hydrogen) atoms. The molecule has 0 aromatic carbocycles. The maximum atomic E-state index is 5.09. The molecule has 0 spiro atoms. The van der Waals surface area contributed by atoms with E-state index in [-0.39, 0.29) is 0 Å².